The molecule has 0 radical (unpaired) electrons. The summed E-state index contributed by atoms with van der Waals surface area (Å²) >= 11 is 0. The van der Waals surface area contributed by atoms with Crippen molar-refractivity contribution >= 4 is 16.8 Å². The molecule has 3 heterocycles. The Morgan fingerprint density at radius 2 is 1.87 bits per heavy atom. The molecule has 2 aliphatic rings. The van der Waals surface area contributed by atoms with Crippen LogP contribution in [-0.4, -0.2) is 45.8 Å². The van der Waals surface area contributed by atoms with E-state index >= 15 is 0 Å². The minimum absolute atomic E-state index is 0.00817. The molecule has 0 spiro atoms. The predicted octanol–water partition coefficient (Wildman–Crippen LogP) is 2.32. The first kappa shape index (κ1) is 14.7. The summed E-state index contributed by atoms with van der Waals surface area (Å²) in [5.74, 6) is 0.00817. The second-order valence-electron chi connectivity index (χ2n) is 7.04. The van der Waals surface area contributed by atoms with E-state index in [0.717, 1.165) is 23.7 Å². The Morgan fingerprint density at radius 1 is 1.17 bits per heavy atom. The number of hydrogen-bond donors (Lipinski definition) is 1. The summed E-state index contributed by atoms with van der Waals surface area (Å²) in [6.07, 6.45) is 5.97. The number of aryl methyl sites for hydroxylation is 1. The zero-order valence-corrected chi connectivity index (χ0v) is 13.8. The number of nitrogens with zero attached hydrogens (tertiary/aromatic N) is 3. The van der Waals surface area contributed by atoms with Gasteiger partial charge in [-0.3, -0.25) is 9.48 Å². The molecular weight excluding hydrogens is 288 g/mol. The van der Waals surface area contributed by atoms with Crippen LogP contribution in [0.15, 0.2) is 24.3 Å². The molecule has 3 atom stereocenters. The second kappa shape index (κ2) is 5.64. The first-order valence-corrected chi connectivity index (χ1v) is 8.58. The van der Waals surface area contributed by atoms with Gasteiger partial charge < -0.3 is 10.2 Å². The molecule has 1 N–H and O–H groups in total. The Bertz CT molecular complexity index is 724. The van der Waals surface area contributed by atoms with E-state index in [9.17, 15) is 4.79 Å². The number of fused-ring (bicyclic) bond motifs is 3. The van der Waals surface area contributed by atoms with E-state index in [4.69, 9.17) is 0 Å². The molecule has 5 heteroatoms. The van der Waals surface area contributed by atoms with E-state index in [1.54, 1.807) is 4.68 Å². The number of nitrogens with one attached hydrogen (secondary N) is 1. The van der Waals surface area contributed by atoms with E-state index in [0.29, 0.717) is 17.8 Å². The van der Waals surface area contributed by atoms with Crippen LogP contribution in [-0.2, 0) is 7.05 Å². The molecule has 2 bridgehead atoms. The first-order chi connectivity index (χ1) is 11.1. The maximum absolute atomic E-state index is 12.8. The monoisotopic (exact) mass is 312 g/mol. The van der Waals surface area contributed by atoms with Gasteiger partial charge in [-0.25, -0.2) is 0 Å². The van der Waals surface area contributed by atoms with Crippen LogP contribution in [0.2, 0.25) is 0 Å². The van der Waals surface area contributed by atoms with Gasteiger partial charge in [0.2, 0.25) is 0 Å². The summed E-state index contributed by atoms with van der Waals surface area (Å²) in [6, 6.07) is 9.36. The quantitative estimate of drug-likeness (QED) is 0.926. The summed E-state index contributed by atoms with van der Waals surface area (Å²) in [4.78, 5) is 15.3. The van der Waals surface area contributed by atoms with E-state index < -0.39 is 0 Å². The number of piperidine rings is 2. The summed E-state index contributed by atoms with van der Waals surface area (Å²) in [6.45, 7) is 0. The van der Waals surface area contributed by atoms with Gasteiger partial charge in [0.25, 0.3) is 5.91 Å². The Morgan fingerprint density at radius 3 is 2.61 bits per heavy atom. The topological polar surface area (TPSA) is 50.2 Å². The molecule has 1 aromatic heterocycles. The third kappa shape index (κ3) is 2.53. The summed E-state index contributed by atoms with van der Waals surface area (Å²) in [5.41, 5.74) is 1.55. The highest BCUT2D eigenvalue weighted by Crippen LogP contribution is 2.32. The highest BCUT2D eigenvalue weighted by Gasteiger charge is 2.36. The average Bonchev–Trinajstić information content (AvgIpc) is 2.84. The van der Waals surface area contributed by atoms with Crippen molar-refractivity contribution < 1.29 is 4.79 Å². The fourth-order valence-electron chi connectivity index (χ4n) is 4.40. The second-order valence-corrected chi connectivity index (χ2v) is 7.04. The molecule has 4 rings (SSSR count). The zero-order valence-electron chi connectivity index (χ0n) is 13.8. The molecule has 2 aliphatic heterocycles. The standard InChI is InChI=1S/C18H24N4O/c1-21-13-6-5-7-14(21)11-12(10-13)19-18(23)17-15-8-3-4-9-16(15)20-22(17)2/h3-4,8-9,12-14H,5-7,10-11H2,1-2H3,(H,19,23)/t12?,13-,14+. The van der Waals surface area contributed by atoms with Crippen molar-refractivity contribution in [3.63, 3.8) is 0 Å². The number of carbonyl (C=O) groups is 1. The molecule has 23 heavy (non-hydrogen) atoms. The lowest BCUT2D eigenvalue weighted by Crippen LogP contribution is -2.55. The number of benzene rings is 1. The minimum Gasteiger partial charge on any atom is -0.348 e. The molecule has 2 aromatic rings. The van der Waals surface area contributed by atoms with Crippen molar-refractivity contribution in [1.29, 1.82) is 0 Å². The van der Waals surface area contributed by atoms with Gasteiger partial charge in [0.1, 0.15) is 5.69 Å². The summed E-state index contributed by atoms with van der Waals surface area (Å²) < 4.78 is 1.70. The Hall–Kier alpha value is -1.88. The van der Waals surface area contributed by atoms with Crippen molar-refractivity contribution in [2.45, 2.75) is 50.2 Å². The summed E-state index contributed by atoms with van der Waals surface area (Å²) in [5, 5.41) is 8.65. The normalized spacial score (nSPS) is 28.0. The summed E-state index contributed by atoms with van der Waals surface area (Å²) in [7, 11) is 4.08. The largest absolute Gasteiger partial charge is 0.348 e. The Balaban J connectivity index is 1.55. The van der Waals surface area contributed by atoms with Gasteiger partial charge in [-0.1, -0.05) is 24.6 Å². The third-order valence-electron chi connectivity index (χ3n) is 5.63. The van der Waals surface area contributed by atoms with Gasteiger partial charge in [0.15, 0.2) is 0 Å². The highest BCUT2D eigenvalue weighted by atomic mass is 16.2. The van der Waals surface area contributed by atoms with E-state index in [-0.39, 0.29) is 11.9 Å². The average molecular weight is 312 g/mol. The molecule has 5 nitrogen and oxygen atoms in total. The van der Waals surface area contributed by atoms with Gasteiger partial charge >= 0.3 is 0 Å². The van der Waals surface area contributed by atoms with E-state index in [1.807, 2.05) is 31.3 Å². The van der Waals surface area contributed by atoms with Crippen LogP contribution in [0, 0.1) is 0 Å². The fourth-order valence-corrected chi connectivity index (χ4v) is 4.40. The lowest BCUT2D eigenvalue weighted by molar-refractivity contribution is 0.0461. The first-order valence-electron chi connectivity index (χ1n) is 8.58. The van der Waals surface area contributed by atoms with Crippen molar-refractivity contribution in [1.82, 2.24) is 20.0 Å². The maximum atomic E-state index is 12.8. The molecule has 2 saturated heterocycles. The predicted molar refractivity (Wildman–Crippen MR) is 90.4 cm³/mol. The Kier molecular flexibility index (Phi) is 3.60. The SMILES string of the molecule is CN1[C@@H]2CCC[C@H]1CC(NC(=O)c1c3ccccc3nn1C)C2. The molecule has 0 saturated carbocycles. The minimum atomic E-state index is 0.00817. The van der Waals surface area contributed by atoms with E-state index in [1.165, 1.54) is 19.3 Å². The number of hydrogen-bond acceptors (Lipinski definition) is 3. The molecule has 2 fully saturated rings. The van der Waals surface area contributed by atoms with Crippen molar-refractivity contribution in [2.24, 2.45) is 7.05 Å². The van der Waals surface area contributed by atoms with Gasteiger partial charge in [0, 0.05) is 30.6 Å². The van der Waals surface area contributed by atoms with Crippen molar-refractivity contribution in [3.05, 3.63) is 30.0 Å². The van der Waals surface area contributed by atoms with Crippen LogP contribution < -0.4 is 5.32 Å². The van der Waals surface area contributed by atoms with Gasteiger partial charge in [-0.2, -0.15) is 5.10 Å². The fraction of sp³-hybridized carbons (Fsp3) is 0.556. The van der Waals surface area contributed by atoms with Gasteiger partial charge in [0.05, 0.1) is 5.52 Å². The van der Waals surface area contributed by atoms with Crippen LogP contribution in [0.4, 0.5) is 0 Å². The highest BCUT2D eigenvalue weighted by molar-refractivity contribution is 6.05. The Labute approximate surface area is 136 Å². The van der Waals surface area contributed by atoms with E-state index in [2.05, 4.69) is 22.4 Å². The van der Waals surface area contributed by atoms with Crippen LogP contribution in [0.25, 0.3) is 10.9 Å². The number of rotatable bonds is 2. The van der Waals surface area contributed by atoms with Crippen LogP contribution >= 0.6 is 0 Å². The molecule has 1 aromatic carbocycles. The van der Waals surface area contributed by atoms with Crippen molar-refractivity contribution in [3.8, 4) is 0 Å². The molecule has 1 unspecified atom stereocenters. The van der Waals surface area contributed by atoms with Crippen LogP contribution in [0.5, 0.6) is 0 Å². The molecular formula is C18H24N4O. The lowest BCUT2D eigenvalue weighted by Gasteiger charge is -2.47. The van der Waals surface area contributed by atoms with Crippen molar-refractivity contribution in [2.75, 3.05) is 7.05 Å². The number of carbonyl (C=O) groups excluding carboxylic acids is 1. The van der Waals surface area contributed by atoms with Crippen LogP contribution in [0.3, 0.4) is 0 Å². The molecule has 122 valence electrons. The maximum Gasteiger partial charge on any atom is 0.270 e. The third-order valence-corrected chi connectivity index (χ3v) is 5.63. The molecule has 1 amide bonds. The number of amides is 1. The van der Waals surface area contributed by atoms with Gasteiger partial charge in [-0.05, 0) is 38.8 Å². The van der Waals surface area contributed by atoms with Crippen LogP contribution in [0.1, 0.15) is 42.6 Å². The van der Waals surface area contributed by atoms with Gasteiger partial charge in [-0.15, -0.1) is 0 Å². The molecule has 0 aliphatic carbocycles. The smallest absolute Gasteiger partial charge is 0.270 e. The zero-order chi connectivity index (χ0) is 16.0. The number of aromatic nitrogens is 2. The lowest BCUT2D eigenvalue weighted by atomic mass is 9.82.